The molecule has 3 N–H and O–H groups in total. The van der Waals surface area contributed by atoms with Gasteiger partial charge in [0.25, 0.3) is 0 Å². The fourth-order valence-corrected chi connectivity index (χ4v) is 3.46. The number of hydrogen-bond acceptors (Lipinski definition) is 4. The van der Waals surface area contributed by atoms with Gasteiger partial charge in [0.15, 0.2) is 0 Å². The molecule has 1 amide bonds. The van der Waals surface area contributed by atoms with Gasteiger partial charge in [0.1, 0.15) is 17.0 Å². The molecule has 2 aromatic rings. The molecule has 2 unspecified atom stereocenters. The molecular weight excluding hydrogens is 376 g/mol. The lowest BCUT2D eigenvalue weighted by Crippen LogP contribution is -2.75. The topological polar surface area (TPSA) is 73.6 Å². The van der Waals surface area contributed by atoms with E-state index in [0.29, 0.717) is 19.6 Å². The Kier molecular flexibility index (Phi) is 7.10. The standard InChI is InChI=1S/C22H28N2O3.ClH/c1-4-26-19-14-22(23,21(19,2)3)20(25)24-15-16-10-12-18(13-11-16)27-17-8-6-5-7-9-17;/h5-13,19H,4,14-15,23H2,1-3H3,(H,24,25);1H. The van der Waals surface area contributed by atoms with Crippen LogP contribution < -0.4 is 15.8 Å². The Bertz CT molecular complexity index is 780. The molecule has 0 saturated heterocycles. The number of nitrogens with one attached hydrogen (secondary N) is 1. The van der Waals surface area contributed by atoms with Crippen molar-refractivity contribution in [1.29, 1.82) is 0 Å². The zero-order valence-corrected chi connectivity index (χ0v) is 17.4. The van der Waals surface area contributed by atoms with Gasteiger partial charge in [0.2, 0.25) is 5.91 Å². The number of hydrogen-bond donors (Lipinski definition) is 2. The molecule has 3 rings (SSSR count). The maximum Gasteiger partial charge on any atom is 0.241 e. The summed E-state index contributed by atoms with van der Waals surface area (Å²) in [7, 11) is 0. The van der Waals surface area contributed by atoms with Crippen LogP contribution >= 0.6 is 12.4 Å². The predicted molar refractivity (Wildman–Crippen MR) is 113 cm³/mol. The minimum Gasteiger partial charge on any atom is -0.457 e. The third-order valence-electron chi connectivity index (χ3n) is 5.59. The predicted octanol–water partition coefficient (Wildman–Crippen LogP) is 4.05. The van der Waals surface area contributed by atoms with Crippen molar-refractivity contribution < 1.29 is 14.3 Å². The van der Waals surface area contributed by atoms with Gasteiger partial charge < -0.3 is 20.5 Å². The average molecular weight is 405 g/mol. The number of nitrogens with two attached hydrogens (primary N) is 1. The lowest BCUT2D eigenvalue weighted by Gasteiger charge is -2.57. The van der Waals surface area contributed by atoms with Crippen molar-refractivity contribution >= 4 is 18.3 Å². The number of amides is 1. The SMILES string of the molecule is CCOC1CC(N)(C(=O)NCc2ccc(Oc3ccccc3)cc2)C1(C)C.Cl. The van der Waals surface area contributed by atoms with E-state index in [-0.39, 0.29) is 29.8 Å². The van der Waals surface area contributed by atoms with Crippen molar-refractivity contribution in [2.75, 3.05) is 6.61 Å². The third kappa shape index (κ3) is 4.32. The molecule has 0 radical (unpaired) electrons. The molecule has 5 nitrogen and oxygen atoms in total. The minimum atomic E-state index is -0.900. The van der Waals surface area contributed by atoms with E-state index in [1.54, 1.807) is 0 Å². The summed E-state index contributed by atoms with van der Waals surface area (Å²) in [5.41, 5.74) is 6.11. The van der Waals surface area contributed by atoms with Crippen molar-refractivity contribution in [3.05, 3.63) is 60.2 Å². The molecule has 152 valence electrons. The smallest absolute Gasteiger partial charge is 0.241 e. The van der Waals surface area contributed by atoms with Crippen LogP contribution in [0.25, 0.3) is 0 Å². The highest BCUT2D eigenvalue weighted by molar-refractivity contribution is 5.88. The summed E-state index contributed by atoms with van der Waals surface area (Å²) in [5, 5.41) is 2.97. The molecule has 1 aliphatic rings. The van der Waals surface area contributed by atoms with Crippen LogP contribution in [0, 0.1) is 5.41 Å². The maximum atomic E-state index is 12.7. The Morgan fingerprint density at radius 2 is 1.71 bits per heavy atom. The number of carbonyl (C=O) groups is 1. The van der Waals surface area contributed by atoms with Gasteiger partial charge in [-0.1, -0.05) is 44.2 Å². The zero-order valence-electron chi connectivity index (χ0n) is 16.6. The van der Waals surface area contributed by atoms with Crippen molar-refractivity contribution in [3.8, 4) is 11.5 Å². The second-order valence-corrected chi connectivity index (χ2v) is 7.58. The number of para-hydroxylation sites is 1. The largest absolute Gasteiger partial charge is 0.457 e. The van der Waals surface area contributed by atoms with Crippen LogP contribution in [0.4, 0.5) is 0 Å². The molecule has 28 heavy (non-hydrogen) atoms. The van der Waals surface area contributed by atoms with Gasteiger partial charge in [-0.15, -0.1) is 12.4 Å². The van der Waals surface area contributed by atoms with Crippen molar-refractivity contribution in [2.45, 2.75) is 45.4 Å². The first kappa shape index (κ1) is 22.2. The molecule has 0 aromatic heterocycles. The van der Waals surface area contributed by atoms with Gasteiger partial charge in [-0.25, -0.2) is 0 Å². The van der Waals surface area contributed by atoms with Crippen LogP contribution in [0.3, 0.4) is 0 Å². The molecule has 6 heteroatoms. The van der Waals surface area contributed by atoms with E-state index in [1.807, 2.05) is 75.4 Å². The van der Waals surface area contributed by atoms with Crippen molar-refractivity contribution in [3.63, 3.8) is 0 Å². The fraction of sp³-hybridized carbons (Fsp3) is 0.409. The normalized spacial score (nSPS) is 22.5. The van der Waals surface area contributed by atoms with E-state index < -0.39 is 5.54 Å². The highest BCUT2D eigenvalue weighted by Gasteiger charge is 2.62. The van der Waals surface area contributed by atoms with Crippen LogP contribution in [0.15, 0.2) is 54.6 Å². The molecule has 2 aromatic carbocycles. The molecule has 1 fully saturated rings. The molecule has 2 atom stereocenters. The van der Waals surface area contributed by atoms with E-state index >= 15 is 0 Å². The molecule has 0 bridgehead atoms. The minimum absolute atomic E-state index is 0. The van der Waals surface area contributed by atoms with Gasteiger partial charge >= 0.3 is 0 Å². The van der Waals surface area contributed by atoms with E-state index in [2.05, 4.69) is 5.32 Å². The number of carbonyl (C=O) groups excluding carboxylic acids is 1. The summed E-state index contributed by atoms with van der Waals surface area (Å²) in [6.45, 7) is 7.00. The Hall–Kier alpha value is -2.08. The highest BCUT2D eigenvalue weighted by Crippen LogP contribution is 2.49. The van der Waals surface area contributed by atoms with Gasteiger partial charge in [-0.3, -0.25) is 4.79 Å². The van der Waals surface area contributed by atoms with Gasteiger partial charge in [0, 0.05) is 25.0 Å². The Morgan fingerprint density at radius 1 is 1.11 bits per heavy atom. The molecule has 0 spiro atoms. The van der Waals surface area contributed by atoms with Crippen LogP contribution in [-0.4, -0.2) is 24.2 Å². The molecular formula is C22H29ClN2O3. The van der Waals surface area contributed by atoms with E-state index in [9.17, 15) is 4.79 Å². The second-order valence-electron chi connectivity index (χ2n) is 7.58. The van der Waals surface area contributed by atoms with E-state index in [0.717, 1.165) is 17.1 Å². The number of halogens is 1. The summed E-state index contributed by atoms with van der Waals surface area (Å²) < 4.78 is 11.5. The maximum absolute atomic E-state index is 12.7. The molecule has 1 saturated carbocycles. The van der Waals surface area contributed by atoms with Crippen LogP contribution in [0.5, 0.6) is 11.5 Å². The third-order valence-corrected chi connectivity index (χ3v) is 5.59. The first-order valence-electron chi connectivity index (χ1n) is 9.37. The summed E-state index contributed by atoms with van der Waals surface area (Å²) in [4.78, 5) is 12.7. The molecule has 0 aliphatic heterocycles. The van der Waals surface area contributed by atoms with Crippen molar-refractivity contribution in [2.24, 2.45) is 11.1 Å². The summed E-state index contributed by atoms with van der Waals surface area (Å²) in [5.74, 6) is 1.42. The zero-order chi connectivity index (χ0) is 19.5. The average Bonchev–Trinajstić information content (AvgIpc) is 2.67. The number of benzene rings is 2. The van der Waals surface area contributed by atoms with Gasteiger partial charge in [0.05, 0.1) is 6.10 Å². The fourth-order valence-electron chi connectivity index (χ4n) is 3.46. The second kappa shape index (κ2) is 8.95. The van der Waals surface area contributed by atoms with Crippen molar-refractivity contribution in [1.82, 2.24) is 5.32 Å². The highest BCUT2D eigenvalue weighted by atomic mass is 35.5. The summed E-state index contributed by atoms with van der Waals surface area (Å²) >= 11 is 0. The quantitative estimate of drug-likeness (QED) is 0.730. The summed E-state index contributed by atoms with van der Waals surface area (Å²) in [6.07, 6.45) is 0.566. The van der Waals surface area contributed by atoms with Gasteiger partial charge in [-0.2, -0.15) is 0 Å². The monoisotopic (exact) mass is 404 g/mol. The molecule has 0 heterocycles. The first-order chi connectivity index (χ1) is 12.9. The van der Waals surface area contributed by atoms with Gasteiger partial charge in [-0.05, 0) is 36.8 Å². The van der Waals surface area contributed by atoms with E-state index in [1.165, 1.54) is 0 Å². The van der Waals surface area contributed by atoms with Crippen LogP contribution in [0.1, 0.15) is 32.8 Å². The van der Waals surface area contributed by atoms with E-state index in [4.69, 9.17) is 15.2 Å². The first-order valence-corrected chi connectivity index (χ1v) is 9.37. The Labute approximate surface area is 173 Å². The van der Waals surface area contributed by atoms with Crippen LogP contribution in [-0.2, 0) is 16.1 Å². The Balaban J connectivity index is 0.00000280. The lowest BCUT2D eigenvalue weighted by molar-refractivity contribution is -0.170. The lowest BCUT2D eigenvalue weighted by atomic mass is 9.54. The number of rotatable bonds is 7. The van der Waals surface area contributed by atoms with Crippen LogP contribution in [0.2, 0.25) is 0 Å². The number of ether oxygens (including phenoxy) is 2. The Morgan fingerprint density at radius 3 is 2.29 bits per heavy atom. The summed E-state index contributed by atoms with van der Waals surface area (Å²) in [6, 6.07) is 17.3. The molecule has 1 aliphatic carbocycles.